The number of nitrogens with zero attached hydrogens (tertiary/aromatic N) is 6. The zero-order valence-corrected chi connectivity index (χ0v) is 36.4. The van der Waals surface area contributed by atoms with E-state index in [9.17, 15) is 32.0 Å². The molecule has 4 fully saturated rings. The third-order valence-electron chi connectivity index (χ3n) is 13.5. The van der Waals surface area contributed by atoms with Crippen LogP contribution in [0, 0.1) is 11.6 Å². The van der Waals surface area contributed by atoms with Crippen LogP contribution in [0.3, 0.4) is 0 Å². The Kier molecular flexibility index (Phi) is 10.7. The summed E-state index contributed by atoms with van der Waals surface area (Å²) in [6.45, 7) is 7.71. The molecule has 3 aromatic carbocycles. The molecule has 7 heterocycles. The highest BCUT2D eigenvalue weighted by Crippen LogP contribution is 2.36. The number of carbonyl (C=O) groups excluding carboxylic acids is 4. The highest BCUT2D eigenvalue weighted by molar-refractivity contribution is 7.90. The van der Waals surface area contributed by atoms with E-state index in [0.717, 1.165) is 65.1 Å². The molecule has 338 valence electrons. The van der Waals surface area contributed by atoms with Crippen molar-refractivity contribution in [2.75, 3.05) is 53.8 Å². The lowest BCUT2D eigenvalue weighted by molar-refractivity contribution is -0.136. The molecule has 0 saturated carbocycles. The minimum atomic E-state index is -4.36. The van der Waals surface area contributed by atoms with Gasteiger partial charge in [-0.15, -0.1) is 0 Å². The SMILES string of the molecule is C[C@@H]1CN(C2CN(c3ccc4c(c3)CN(C3CCC(=O)NC3=O)C4=O)C2)C[C@H](C)N1c1ccc(-c2cnc3[nH]cc(C(=O)c4c(F)ccc(NS(=O)(=O)N5CC[C@@H](F)C5)c4F)c3c2)cc1. The number of alkyl halides is 1. The zero-order chi connectivity index (χ0) is 45.5. The molecule has 15 nitrogen and oxygen atoms in total. The average molecular weight is 910 g/mol. The number of pyridine rings is 1. The van der Waals surface area contributed by atoms with Crippen LogP contribution in [0.15, 0.2) is 73.1 Å². The van der Waals surface area contributed by atoms with Gasteiger partial charge in [-0.25, -0.2) is 18.2 Å². The van der Waals surface area contributed by atoms with Gasteiger partial charge < -0.3 is 19.7 Å². The Hall–Kier alpha value is -6.31. The smallest absolute Gasteiger partial charge is 0.301 e. The van der Waals surface area contributed by atoms with Gasteiger partial charge in [0.15, 0.2) is 5.82 Å². The molecular weight excluding hydrogens is 864 g/mol. The lowest BCUT2D eigenvalue weighted by Gasteiger charge is -2.53. The fourth-order valence-corrected chi connectivity index (χ4v) is 11.4. The molecular formula is C46H46F3N9O6S. The predicted molar refractivity (Wildman–Crippen MR) is 236 cm³/mol. The van der Waals surface area contributed by atoms with Crippen LogP contribution in [-0.4, -0.2) is 126 Å². The summed E-state index contributed by atoms with van der Waals surface area (Å²) in [5, 5.41) is 2.68. The molecule has 3 N–H and O–H groups in total. The van der Waals surface area contributed by atoms with E-state index in [4.69, 9.17) is 0 Å². The van der Waals surface area contributed by atoms with Crippen LogP contribution in [-0.2, 0) is 26.3 Å². The van der Waals surface area contributed by atoms with Gasteiger partial charge >= 0.3 is 10.2 Å². The first-order valence-electron chi connectivity index (χ1n) is 21.7. The number of aromatic amines is 1. The van der Waals surface area contributed by atoms with Crippen molar-refractivity contribution in [1.29, 1.82) is 0 Å². The first-order chi connectivity index (χ1) is 31.1. The standard InChI is InChI=1S/C46H46F3N9O6S/c1-25-19-54(33-23-55(24-33)32-7-8-34-29(15-32)21-57(46(34)62)39-11-12-40(59)52-45(39)61)20-26(2)58(25)31-5-3-27(4-6-31)28-16-35-36(18-51-44(35)50-17-28)43(60)41-37(48)9-10-38(42(41)49)53-65(63,64)56-14-13-30(47)22-56/h3-10,15-18,25-26,30,33,39,53H,11-14,19-24H2,1-2H3,(H,50,51)(H,52,59,61)/t25-,26+,30-,39?/m1/s1. The van der Waals surface area contributed by atoms with Gasteiger partial charge in [-0.05, 0) is 86.3 Å². The first kappa shape index (κ1) is 42.6. The van der Waals surface area contributed by atoms with E-state index in [1.165, 1.54) is 6.20 Å². The summed E-state index contributed by atoms with van der Waals surface area (Å²) in [5.41, 5.74) is 3.74. The first-order valence-corrected chi connectivity index (χ1v) is 23.1. The van der Waals surface area contributed by atoms with E-state index in [1.54, 1.807) is 17.2 Å². The van der Waals surface area contributed by atoms with E-state index < -0.39 is 63.5 Å². The maximum Gasteiger partial charge on any atom is 0.301 e. The fraction of sp³-hybridized carbons (Fsp3) is 0.370. The molecule has 1 unspecified atom stereocenters. The number of ketones is 1. The third-order valence-corrected chi connectivity index (χ3v) is 15.0. The van der Waals surface area contributed by atoms with Crippen molar-refractivity contribution in [2.24, 2.45) is 0 Å². The van der Waals surface area contributed by atoms with Crippen LogP contribution in [0.1, 0.15) is 65.0 Å². The molecule has 4 atom stereocenters. The van der Waals surface area contributed by atoms with Crippen LogP contribution in [0.25, 0.3) is 22.2 Å². The van der Waals surface area contributed by atoms with Crippen LogP contribution < -0.4 is 19.8 Å². The lowest BCUT2D eigenvalue weighted by Crippen LogP contribution is -2.66. The molecule has 5 aromatic rings. The van der Waals surface area contributed by atoms with Crippen LogP contribution >= 0.6 is 0 Å². The Labute approximate surface area is 372 Å². The Morgan fingerprint density at radius 3 is 2.32 bits per heavy atom. The normalized spacial score (nSPS) is 23.3. The number of nitrogens with one attached hydrogen (secondary N) is 3. The Morgan fingerprint density at radius 1 is 0.877 bits per heavy atom. The lowest BCUT2D eigenvalue weighted by atomic mass is 9.98. The quantitative estimate of drug-likeness (QED) is 0.128. The molecule has 0 bridgehead atoms. The number of benzene rings is 3. The number of hydrogen-bond donors (Lipinski definition) is 3. The Bertz CT molecular complexity index is 2880. The Balaban J connectivity index is 0.785. The van der Waals surface area contributed by atoms with Crippen molar-refractivity contribution in [3.8, 4) is 11.1 Å². The number of hydrogen-bond acceptors (Lipinski definition) is 10. The fourth-order valence-electron chi connectivity index (χ4n) is 10.1. The minimum Gasteiger partial charge on any atom is -0.368 e. The van der Waals surface area contributed by atoms with Crippen molar-refractivity contribution in [1.82, 2.24) is 29.4 Å². The summed E-state index contributed by atoms with van der Waals surface area (Å²) in [4.78, 5) is 67.3. The van der Waals surface area contributed by atoms with Gasteiger partial charge in [-0.2, -0.15) is 12.7 Å². The molecule has 0 radical (unpaired) electrons. The van der Waals surface area contributed by atoms with Crippen molar-refractivity contribution in [2.45, 2.75) is 70.0 Å². The second kappa shape index (κ2) is 16.3. The number of imide groups is 1. The van der Waals surface area contributed by atoms with E-state index >= 15 is 8.78 Å². The molecule has 3 amide bonds. The Morgan fingerprint density at radius 2 is 1.62 bits per heavy atom. The highest BCUT2D eigenvalue weighted by Gasteiger charge is 2.42. The van der Waals surface area contributed by atoms with Gasteiger partial charge in [0.2, 0.25) is 17.6 Å². The number of rotatable bonds is 10. The van der Waals surface area contributed by atoms with Gasteiger partial charge in [0.1, 0.15) is 23.7 Å². The average Bonchev–Trinajstić information content (AvgIpc) is 3.98. The van der Waals surface area contributed by atoms with Gasteiger partial charge in [-0.3, -0.25) is 34.1 Å². The number of piperazine rings is 1. The zero-order valence-electron chi connectivity index (χ0n) is 35.6. The predicted octanol–water partition coefficient (Wildman–Crippen LogP) is 4.99. The number of anilines is 3. The summed E-state index contributed by atoms with van der Waals surface area (Å²) in [6, 6.07) is 17.4. The number of piperidine rings is 1. The van der Waals surface area contributed by atoms with Gasteiger partial charge in [-0.1, -0.05) is 12.1 Å². The number of aromatic nitrogens is 2. The maximum absolute atomic E-state index is 15.8. The molecule has 65 heavy (non-hydrogen) atoms. The number of carbonyl (C=O) groups is 4. The maximum atomic E-state index is 15.8. The van der Waals surface area contributed by atoms with E-state index in [-0.39, 0.29) is 48.8 Å². The summed E-state index contributed by atoms with van der Waals surface area (Å²) >= 11 is 0. The van der Waals surface area contributed by atoms with Crippen LogP contribution in [0.5, 0.6) is 0 Å². The van der Waals surface area contributed by atoms with Crippen molar-refractivity contribution < 1.29 is 40.8 Å². The molecule has 0 aliphatic carbocycles. The second-order valence-electron chi connectivity index (χ2n) is 17.7. The summed E-state index contributed by atoms with van der Waals surface area (Å²) in [6.07, 6.45) is 2.14. The third kappa shape index (κ3) is 7.67. The number of H-pyrrole nitrogens is 1. The topological polar surface area (TPSA) is 171 Å². The molecule has 2 aromatic heterocycles. The largest absolute Gasteiger partial charge is 0.368 e. The number of fused-ring (bicyclic) bond motifs is 2. The minimum absolute atomic E-state index is 0.000724. The molecule has 19 heteroatoms. The van der Waals surface area contributed by atoms with Crippen molar-refractivity contribution in [3.63, 3.8) is 0 Å². The van der Waals surface area contributed by atoms with Crippen molar-refractivity contribution >= 4 is 61.8 Å². The molecule has 10 rings (SSSR count). The molecule has 5 aliphatic rings. The molecule has 0 spiro atoms. The summed E-state index contributed by atoms with van der Waals surface area (Å²) < 4.78 is 73.2. The summed E-state index contributed by atoms with van der Waals surface area (Å²) in [5.74, 6) is -4.48. The van der Waals surface area contributed by atoms with Crippen LogP contribution in [0.4, 0.5) is 30.2 Å². The molecule has 5 aliphatic heterocycles. The molecule has 4 saturated heterocycles. The van der Waals surface area contributed by atoms with E-state index in [0.29, 0.717) is 41.2 Å². The second-order valence-corrected chi connectivity index (χ2v) is 19.4. The number of halogens is 3. The highest BCUT2D eigenvalue weighted by atomic mass is 32.2. The number of amides is 3. The van der Waals surface area contributed by atoms with Crippen LogP contribution in [0.2, 0.25) is 0 Å². The van der Waals surface area contributed by atoms with E-state index in [1.807, 2.05) is 47.2 Å². The van der Waals surface area contributed by atoms with Gasteiger partial charge in [0, 0.05) is 116 Å². The van der Waals surface area contributed by atoms with Crippen molar-refractivity contribution in [3.05, 3.63) is 107 Å². The van der Waals surface area contributed by atoms with E-state index in [2.05, 4.69) is 43.8 Å². The monoisotopic (exact) mass is 909 g/mol. The summed E-state index contributed by atoms with van der Waals surface area (Å²) in [7, 11) is -4.36. The van der Waals surface area contributed by atoms with Gasteiger partial charge in [0.05, 0.1) is 11.3 Å². The van der Waals surface area contributed by atoms with Gasteiger partial charge in [0.25, 0.3) is 5.91 Å².